The van der Waals surface area contributed by atoms with Crippen LogP contribution in [0.4, 0.5) is 10.5 Å². The van der Waals surface area contributed by atoms with Gasteiger partial charge in [0.1, 0.15) is 6.04 Å². The lowest BCUT2D eigenvalue weighted by atomic mass is 10.0. The number of imide groups is 1. The monoisotopic (exact) mass is 513 g/mol. The number of nitrogens with zero attached hydrogens (tertiary/aromatic N) is 4. The number of rotatable bonds is 5. The molecule has 1 aromatic heterocycles. The van der Waals surface area contributed by atoms with Gasteiger partial charge in [-0.1, -0.05) is 0 Å². The molecule has 0 radical (unpaired) electrons. The zero-order valence-electron chi connectivity index (χ0n) is 21.5. The standard InChI is InChI=1S/C26H35N5O6/c1-3-36-26(35)30-14-10-19(11-15-30)37-18-8-12-29(13-9-18)17-4-5-20-22(16-17)28(2)25(34)31(20)21-6-7-23(32)27-24(21)33/h4-5,16,18-19,21H,3,6-15H2,1-2H3,(H,27,32,33). The number of ether oxygens (including phenoxy) is 2. The smallest absolute Gasteiger partial charge is 0.409 e. The number of benzene rings is 1. The van der Waals surface area contributed by atoms with Gasteiger partial charge in [0, 0.05) is 45.3 Å². The van der Waals surface area contributed by atoms with E-state index < -0.39 is 11.9 Å². The van der Waals surface area contributed by atoms with Crippen molar-refractivity contribution in [3.8, 4) is 0 Å². The number of amides is 3. The Bertz CT molecular complexity index is 1240. The maximum atomic E-state index is 13.0. The maximum Gasteiger partial charge on any atom is 0.409 e. The number of anilines is 1. The number of hydrogen-bond acceptors (Lipinski definition) is 7. The van der Waals surface area contributed by atoms with Crippen LogP contribution >= 0.6 is 0 Å². The average molecular weight is 514 g/mol. The lowest BCUT2D eigenvalue weighted by Crippen LogP contribution is -2.44. The number of hydrogen-bond donors (Lipinski definition) is 1. The second kappa shape index (κ2) is 10.6. The second-order valence-electron chi connectivity index (χ2n) is 10.1. The molecule has 5 rings (SSSR count). The lowest BCUT2D eigenvalue weighted by Gasteiger charge is -2.37. The van der Waals surface area contributed by atoms with Crippen LogP contribution in [0.1, 0.15) is 51.5 Å². The van der Waals surface area contributed by atoms with Crippen molar-refractivity contribution in [2.75, 3.05) is 37.7 Å². The fourth-order valence-electron chi connectivity index (χ4n) is 5.69. The third-order valence-electron chi connectivity index (χ3n) is 7.75. The highest BCUT2D eigenvalue weighted by molar-refractivity contribution is 6.00. The van der Waals surface area contributed by atoms with E-state index in [1.165, 1.54) is 4.57 Å². The van der Waals surface area contributed by atoms with Gasteiger partial charge in [0.15, 0.2) is 0 Å². The molecule has 3 aliphatic heterocycles. The summed E-state index contributed by atoms with van der Waals surface area (Å²) in [5, 5.41) is 2.35. The van der Waals surface area contributed by atoms with Crippen molar-refractivity contribution in [2.45, 2.75) is 63.7 Å². The molecule has 0 aliphatic carbocycles. The van der Waals surface area contributed by atoms with E-state index in [0.717, 1.165) is 50.0 Å². The number of carbonyl (C=O) groups excluding carboxylic acids is 3. The van der Waals surface area contributed by atoms with E-state index in [4.69, 9.17) is 9.47 Å². The third-order valence-corrected chi connectivity index (χ3v) is 7.75. The normalized spacial score (nSPS) is 21.9. The summed E-state index contributed by atoms with van der Waals surface area (Å²) in [5.41, 5.74) is 2.23. The zero-order chi connectivity index (χ0) is 26.1. The number of fused-ring (bicyclic) bond motifs is 1. The topological polar surface area (TPSA) is 115 Å². The Kier molecular flexibility index (Phi) is 7.23. The van der Waals surface area contributed by atoms with Crippen molar-refractivity contribution in [3.63, 3.8) is 0 Å². The molecule has 1 unspecified atom stereocenters. The maximum absolute atomic E-state index is 13.0. The molecule has 200 valence electrons. The Morgan fingerprint density at radius 2 is 1.65 bits per heavy atom. The van der Waals surface area contributed by atoms with Gasteiger partial charge >= 0.3 is 11.8 Å². The highest BCUT2D eigenvalue weighted by atomic mass is 16.6. The molecular weight excluding hydrogens is 478 g/mol. The molecular formula is C26H35N5O6. The van der Waals surface area contributed by atoms with E-state index in [-0.39, 0.29) is 36.3 Å². The first kappa shape index (κ1) is 25.3. The van der Waals surface area contributed by atoms with Gasteiger partial charge in [0.2, 0.25) is 11.8 Å². The first-order chi connectivity index (χ1) is 17.9. The minimum atomic E-state index is -0.684. The summed E-state index contributed by atoms with van der Waals surface area (Å²) in [6.45, 7) is 5.23. The van der Waals surface area contributed by atoms with Crippen LogP contribution in [-0.4, -0.2) is 76.9 Å². The number of carbonyl (C=O) groups is 3. The van der Waals surface area contributed by atoms with Crippen molar-refractivity contribution in [2.24, 2.45) is 7.05 Å². The number of aromatic nitrogens is 2. The van der Waals surface area contributed by atoms with E-state index in [0.29, 0.717) is 31.6 Å². The lowest BCUT2D eigenvalue weighted by molar-refractivity contribution is -0.135. The number of likely N-dealkylation sites (tertiary alicyclic amines) is 1. The number of imidazole rings is 1. The first-order valence-corrected chi connectivity index (χ1v) is 13.2. The van der Waals surface area contributed by atoms with Crippen molar-refractivity contribution in [3.05, 3.63) is 28.7 Å². The molecule has 3 saturated heterocycles. The van der Waals surface area contributed by atoms with Gasteiger partial charge in [-0.2, -0.15) is 0 Å². The third kappa shape index (κ3) is 5.09. The summed E-state index contributed by atoms with van der Waals surface area (Å²) in [5.74, 6) is -0.727. The Hall–Kier alpha value is -3.34. The van der Waals surface area contributed by atoms with Crippen LogP contribution < -0.4 is 15.9 Å². The summed E-state index contributed by atoms with van der Waals surface area (Å²) in [4.78, 5) is 53.0. The minimum absolute atomic E-state index is 0.167. The van der Waals surface area contributed by atoms with Crippen LogP contribution in [0.2, 0.25) is 0 Å². The molecule has 11 heteroatoms. The van der Waals surface area contributed by atoms with Gasteiger partial charge in [-0.3, -0.25) is 24.0 Å². The largest absolute Gasteiger partial charge is 0.450 e. The predicted octanol–water partition coefficient (Wildman–Crippen LogP) is 1.92. The van der Waals surface area contributed by atoms with Crippen molar-refractivity contribution >= 4 is 34.6 Å². The Balaban J connectivity index is 1.20. The summed E-state index contributed by atoms with van der Waals surface area (Å²) >= 11 is 0. The quantitative estimate of drug-likeness (QED) is 0.608. The van der Waals surface area contributed by atoms with Gasteiger partial charge in [0.25, 0.3) is 0 Å². The summed E-state index contributed by atoms with van der Waals surface area (Å²) in [7, 11) is 1.71. The van der Waals surface area contributed by atoms with E-state index in [9.17, 15) is 19.2 Å². The summed E-state index contributed by atoms with van der Waals surface area (Å²) in [6.07, 6.45) is 4.13. The highest BCUT2D eigenvalue weighted by Crippen LogP contribution is 2.29. The number of aryl methyl sites for hydroxylation is 1. The minimum Gasteiger partial charge on any atom is -0.450 e. The molecule has 0 spiro atoms. The fraction of sp³-hybridized carbons (Fsp3) is 0.615. The van der Waals surface area contributed by atoms with Gasteiger partial charge in [0.05, 0.1) is 29.8 Å². The molecule has 3 amide bonds. The Morgan fingerprint density at radius 1 is 0.973 bits per heavy atom. The van der Waals surface area contributed by atoms with E-state index >= 15 is 0 Å². The van der Waals surface area contributed by atoms with Crippen LogP contribution in [0, 0.1) is 0 Å². The molecule has 1 aromatic carbocycles. The number of piperidine rings is 3. The molecule has 1 N–H and O–H groups in total. The van der Waals surface area contributed by atoms with E-state index in [2.05, 4.69) is 10.2 Å². The van der Waals surface area contributed by atoms with Crippen LogP contribution in [0.15, 0.2) is 23.0 Å². The SMILES string of the molecule is CCOC(=O)N1CCC(OC2CCN(c3ccc4c(c3)n(C)c(=O)n4C3CCC(=O)NC3=O)CC2)CC1. The van der Waals surface area contributed by atoms with Gasteiger partial charge in [-0.25, -0.2) is 9.59 Å². The van der Waals surface area contributed by atoms with Gasteiger partial charge in [-0.15, -0.1) is 0 Å². The van der Waals surface area contributed by atoms with Gasteiger partial charge in [-0.05, 0) is 57.2 Å². The Labute approximate surface area is 215 Å². The molecule has 4 heterocycles. The van der Waals surface area contributed by atoms with Crippen LogP contribution in [0.5, 0.6) is 0 Å². The predicted molar refractivity (Wildman–Crippen MR) is 137 cm³/mol. The highest BCUT2D eigenvalue weighted by Gasteiger charge is 2.32. The van der Waals surface area contributed by atoms with Crippen molar-refractivity contribution in [1.82, 2.24) is 19.4 Å². The van der Waals surface area contributed by atoms with Crippen molar-refractivity contribution in [1.29, 1.82) is 0 Å². The molecule has 3 aliphatic rings. The number of nitrogens with one attached hydrogen (secondary N) is 1. The summed E-state index contributed by atoms with van der Waals surface area (Å²) < 4.78 is 14.6. The molecule has 37 heavy (non-hydrogen) atoms. The molecule has 0 bridgehead atoms. The molecule has 3 fully saturated rings. The fourth-order valence-corrected chi connectivity index (χ4v) is 5.69. The average Bonchev–Trinajstić information content (AvgIpc) is 3.14. The molecule has 11 nitrogen and oxygen atoms in total. The molecule has 2 aromatic rings. The molecule has 1 atom stereocenters. The van der Waals surface area contributed by atoms with Gasteiger partial charge < -0.3 is 19.3 Å². The van der Waals surface area contributed by atoms with E-state index in [1.54, 1.807) is 16.5 Å². The van der Waals surface area contributed by atoms with Crippen molar-refractivity contribution < 1.29 is 23.9 Å². The van der Waals surface area contributed by atoms with Crippen LogP contribution in [0.3, 0.4) is 0 Å². The summed E-state index contributed by atoms with van der Waals surface area (Å²) in [6, 6.07) is 5.22. The van der Waals surface area contributed by atoms with Crippen LogP contribution in [-0.2, 0) is 26.1 Å². The van der Waals surface area contributed by atoms with E-state index in [1.807, 2.05) is 25.1 Å². The second-order valence-corrected chi connectivity index (χ2v) is 10.1. The first-order valence-electron chi connectivity index (χ1n) is 13.2. The Morgan fingerprint density at radius 3 is 2.30 bits per heavy atom. The zero-order valence-corrected chi connectivity index (χ0v) is 21.5. The van der Waals surface area contributed by atoms with Crippen LogP contribution in [0.25, 0.3) is 11.0 Å². The molecule has 0 saturated carbocycles.